The van der Waals surface area contributed by atoms with Crippen LogP contribution in [0.25, 0.3) is 0 Å². The van der Waals surface area contributed by atoms with Crippen LogP contribution in [0.5, 0.6) is 0 Å². The Morgan fingerprint density at radius 3 is 2.24 bits per heavy atom. The number of nitrogens with zero attached hydrogens (tertiary/aromatic N) is 4. The summed E-state index contributed by atoms with van der Waals surface area (Å²) in [7, 11) is 0. The zero-order chi connectivity index (χ0) is 28.4. The van der Waals surface area contributed by atoms with Gasteiger partial charge in [-0.15, -0.1) is 11.3 Å². The molecule has 1 amide bonds. The first-order valence-corrected chi connectivity index (χ1v) is 15.4. The van der Waals surface area contributed by atoms with Gasteiger partial charge in [-0.05, 0) is 73.7 Å². The van der Waals surface area contributed by atoms with Gasteiger partial charge in [0.05, 0.1) is 13.1 Å². The maximum absolute atomic E-state index is 13.4. The van der Waals surface area contributed by atoms with Gasteiger partial charge < -0.3 is 25.3 Å². The van der Waals surface area contributed by atoms with Crippen molar-refractivity contribution < 1.29 is 9.90 Å². The lowest BCUT2D eigenvalue weighted by molar-refractivity contribution is 0.0721. The summed E-state index contributed by atoms with van der Waals surface area (Å²) in [4.78, 5) is 33.9. The molecule has 0 unspecified atom stereocenters. The smallest absolute Gasteiger partial charge is 0.254 e. The Labute approximate surface area is 246 Å². The SMILES string of the molecule is Cc1ccsc1CN(CCCO)[C@H]1CC[C@H](NCc2ccc(C(=O)N(Cc3ncc[nH]3)Cc3ncc[nH]3)cc2)CC1. The Morgan fingerprint density at radius 1 is 1.00 bits per heavy atom. The summed E-state index contributed by atoms with van der Waals surface area (Å²) in [6.07, 6.45) is 12.4. The van der Waals surface area contributed by atoms with E-state index >= 15 is 0 Å². The van der Waals surface area contributed by atoms with Crippen LogP contribution in [0, 0.1) is 6.92 Å². The Balaban J connectivity index is 1.12. The highest BCUT2D eigenvalue weighted by Crippen LogP contribution is 2.27. The van der Waals surface area contributed by atoms with Gasteiger partial charge in [0.15, 0.2) is 0 Å². The summed E-state index contributed by atoms with van der Waals surface area (Å²) in [5.74, 6) is 1.41. The van der Waals surface area contributed by atoms with Gasteiger partial charge in [0.25, 0.3) is 5.91 Å². The normalized spacial score (nSPS) is 17.2. The van der Waals surface area contributed by atoms with Crippen molar-refractivity contribution in [2.75, 3.05) is 13.2 Å². The van der Waals surface area contributed by atoms with Crippen LogP contribution in [0.4, 0.5) is 0 Å². The number of aromatic amines is 2. The number of H-pyrrole nitrogens is 2. The number of imidazole rings is 2. The molecule has 0 radical (unpaired) electrons. The van der Waals surface area contributed by atoms with E-state index in [0.717, 1.165) is 50.5 Å². The topological polar surface area (TPSA) is 113 Å². The molecule has 4 N–H and O–H groups in total. The maximum atomic E-state index is 13.4. The number of thiophene rings is 1. The molecule has 0 saturated heterocycles. The number of aryl methyl sites for hydroxylation is 1. The monoisotopic (exact) mass is 575 g/mol. The van der Waals surface area contributed by atoms with Crippen molar-refractivity contribution in [1.29, 1.82) is 0 Å². The summed E-state index contributed by atoms with van der Waals surface area (Å²) in [6.45, 7) is 5.91. The quantitative estimate of drug-likeness (QED) is 0.174. The number of aliphatic hydroxyl groups is 1. The standard InChI is InChI=1S/C31H41N7O2S/c1-23-11-18-41-28(23)20-37(16-2-17-39)27-9-7-26(8-10-27)36-19-24-3-5-25(6-4-24)31(40)38(21-29-32-12-13-33-29)22-30-34-14-15-35-30/h3-6,11-15,18,26-27,36,39H,2,7-10,16-17,19-22H2,1H3,(H,32,33)(H,34,35)/t26-,27-. The first-order chi connectivity index (χ1) is 20.1. The second-order valence-corrected chi connectivity index (χ2v) is 11.9. The highest BCUT2D eigenvalue weighted by atomic mass is 32.1. The lowest BCUT2D eigenvalue weighted by Crippen LogP contribution is -2.42. The van der Waals surface area contributed by atoms with E-state index in [-0.39, 0.29) is 12.5 Å². The van der Waals surface area contributed by atoms with Crippen molar-refractivity contribution in [2.45, 2.75) is 77.3 Å². The first-order valence-electron chi connectivity index (χ1n) is 14.5. The molecule has 0 aliphatic heterocycles. The van der Waals surface area contributed by atoms with E-state index in [9.17, 15) is 9.90 Å². The Kier molecular flexibility index (Phi) is 10.4. The van der Waals surface area contributed by atoms with Crippen LogP contribution in [0.1, 0.15) is 70.1 Å². The summed E-state index contributed by atoms with van der Waals surface area (Å²) in [5.41, 5.74) is 3.19. The van der Waals surface area contributed by atoms with Crippen LogP contribution in [-0.2, 0) is 26.2 Å². The lowest BCUT2D eigenvalue weighted by Gasteiger charge is -2.37. The van der Waals surface area contributed by atoms with E-state index in [1.54, 1.807) is 29.7 Å². The summed E-state index contributed by atoms with van der Waals surface area (Å²) in [5, 5.41) is 15.4. The number of hydrogen-bond acceptors (Lipinski definition) is 7. The van der Waals surface area contributed by atoms with Gasteiger partial charge in [-0.3, -0.25) is 9.69 Å². The van der Waals surface area contributed by atoms with Crippen LogP contribution < -0.4 is 5.32 Å². The lowest BCUT2D eigenvalue weighted by atomic mass is 9.89. The molecule has 5 rings (SSSR count). The number of amides is 1. The third-order valence-electron chi connectivity index (χ3n) is 8.01. The average molecular weight is 576 g/mol. The summed E-state index contributed by atoms with van der Waals surface area (Å²) in [6, 6.07) is 11.2. The van der Waals surface area contributed by atoms with E-state index in [1.165, 1.54) is 28.8 Å². The van der Waals surface area contributed by atoms with Crippen LogP contribution in [0.2, 0.25) is 0 Å². The second-order valence-electron chi connectivity index (χ2n) is 10.9. The first kappa shape index (κ1) is 29.2. The molecule has 1 aromatic carbocycles. The number of rotatable bonds is 14. The molecule has 0 bridgehead atoms. The predicted octanol–water partition coefficient (Wildman–Crippen LogP) is 4.63. The van der Waals surface area contributed by atoms with Gasteiger partial charge in [-0.2, -0.15) is 0 Å². The number of carbonyl (C=O) groups excluding carboxylic acids is 1. The highest BCUT2D eigenvalue weighted by Gasteiger charge is 2.26. The number of aromatic nitrogens is 4. The fourth-order valence-corrected chi connectivity index (χ4v) is 6.53. The third kappa shape index (κ3) is 8.13. The summed E-state index contributed by atoms with van der Waals surface area (Å²) < 4.78 is 0. The van der Waals surface area contributed by atoms with Crippen molar-refractivity contribution in [3.8, 4) is 0 Å². The molecule has 0 atom stereocenters. The Morgan fingerprint density at radius 2 is 1.68 bits per heavy atom. The maximum Gasteiger partial charge on any atom is 0.254 e. The van der Waals surface area contributed by atoms with Crippen molar-refractivity contribution in [2.24, 2.45) is 0 Å². The fourth-order valence-electron chi connectivity index (χ4n) is 5.60. The van der Waals surface area contributed by atoms with Gasteiger partial charge in [-0.1, -0.05) is 12.1 Å². The average Bonchev–Trinajstić information content (AvgIpc) is 3.79. The van der Waals surface area contributed by atoms with Crippen molar-refractivity contribution >= 4 is 17.2 Å². The zero-order valence-electron chi connectivity index (χ0n) is 23.8. The van der Waals surface area contributed by atoms with Gasteiger partial charge in [-0.25, -0.2) is 9.97 Å². The predicted molar refractivity (Wildman–Crippen MR) is 161 cm³/mol. The molecular weight excluding hydrogens is 534 g/mol. The van der Waals surface area contributed by atoms with Crippen LogP contribution in [0.15, 0.2) is 60.5 Å². The molecule has 1 saturated carbocycles. The molecule has 9 nitrogen and oxygen atoms in total. The van der Waals surface area contributed by atoms with E-state index in [2.05, 4.69) is 48.5 Å². The molecule has 4 aromatic rings. The van der Waals surface area contributed by atoms with Crippen molar-refractivity contribution in [3.63, 3.8) is 0 Å². The van der Waals surface area contributed by atoms with Crippen molar-refractivity contribution in [1.82, 2.24) is 35.1 Å². The number of hydrogen-bond donors (Lipinski definition) is 4. The Bertz CT molecular complexity index is 1280. The van der Waals surface area contributed by atoms with Crippen molar-refractivity contribution in [3.05, 3.63) is 93.7 Å². The van der Waals surface area contributed by atoms with Crippen LogP contribution >= 0.6 is 11.3 Å². The number of carbonyl (C=O) groups is 1. The van der Waals surface area contributed by atoms with Gasteiger partial charge >= 0.3 is 0 Å². The molecule has 41 heavy (non-hydrogen) atoms. The molecule has 1 aliphatic carbocycles. The number of aliphatic hydroxyl groups excluding tert-OH is 1. The van der Waals surface area contributed by atoms with E-state index in [0.29, 0.717) is 30.7 Å². The van der Waals surface area contributed by atoms with Gasteiger partial charge in [0, 0.05) is 73.6 Å². The van der Waals surface area contributed by atoms with Gasteiger partial charge in [0.2, 0.25) is 0 Å². The van der Waals surface area contributed by atoms with Gasteiger partial charge in [0.1, 0.15) is 11.6 Å². The number of nitrogens with one attached hydrogen (secondary N) is 3. The minimum Gasteiger partial charge on any atom is -0.396 e. The van der Waals surface area contributed by atoms with E-state index < -0.39 is 0 Å². The summed E-state index contributed by atoms with van der Waals surface area (Å²) >= 11 is 1.84. The third-order valence-corrected chi connectivity index (χ3v) is 9.01. The molecule has 218 valence electrons. The Hall–Kier alpha value is -3.31. The largest absolute Gasteiger partial charge is 0.396 e. The molecule has 0 spiro atoms. The minimum absolute atomic E-state index is 0.0564. The van der Waals surface area contributed by atoms with Crippen LogP contribution in [0.3, 0.4) is 0 Å². The van der Waals surface area contributed by atoms with E-state index in [1.807, 2.05) is 35.6 Å². The minimum atomic E-state index is -0.0564. The molecule has 10 heteroatoms. The number of benzene rings is 1. The molecule has 1 aliphatic rings. The molecular formula is C31H41N7O2S. The molecule has 3 heterocycles. The van der Waals surface area contributed by atoms with E-state index in [4.69, 9.17) is 0 Å². The molecule has 1 fully saturated rings. The van der Waals surface area contributed by atoms with Crippen LogP contribution in [-0.4, -0.2) is 66.0 Å². The second kappa shape index (κ2) is 14.5. The highest BCUT2D eigenvalue weighted by molar-refractivity contribution is 7.10. The zero-order valence-corrected chi connectivity index (χ0v) is 24.6. The molecule has 3 aromatic heterocycles. The fraction of sp³-hybridized carbons (Fsp3) is 0.452.